The highest BCUT2D eigenvalue weighted by Crippen LogP contribution is 2.37. The Morgan fingerprint density at radius 3 is 2.55 bits per heavy atom. The zero-order chi connectivity index (χ0) is 23.0. The quantitative estimate of drug-likeness (QED) is 0.466. The number of carbonyl (C=O) groups excluding carboxylic acids is 1. The van der Waals surface area contributed by atoms with Crippen molar-refractivity contribution in [3.8, 4) is 5.75 Å². The third-order valence-corrected chi connectivity index (χ3v) is 7.39. The van der Waals surface area contributed by atoms with E-state index < -0.39 is 0 Å². The van der Waals surface area contributed by atoms with Crippen molar-refractivity contribution >= 4 is 5.91 Å². The number of ether oxygens (including phenoxy) is 3. The monoisotopic (exact) mass is 458 g/mol. The van der Waals surface area contributed by atoms with Crippen molar-refractivity contribution in [2.45, 2.75) is 83.5 Å². The minimum absolute atomic E-state index is 0.0793. The maximum Gasteiger partial charge on any atom is 0.236 e. The van der Waals surface area contributed by atoms with Crippen molar-refractivity contribution in [1.82, 2.24) is 9.80 Å². The second-order valence-electron chi connectivity index (χ2n) is 9.82. The zero-order valence-electron chi connectivity index (χ0n) is 20.6. The number of benzene rings is 1. The first kappa shape index (κ1) is 24.5. The standard InChI is InChI=1S/C27H42N2O4/c1-3-5-12-28(13-6-4-2)26(30)20-29-19-23(18-24(29)8-10-27-32-15-16-33-27)21-7-9-25-22(17-21)11-14-31-25/h7,9,17,23-24,27H,3-6,8,10-16,18-20H2,1-2H3/t23-,24+/m1/s1. The van der Waals surface area contributed by atoms with E-state index in [2.05, 4.69) is 41.8 Å². The summed E-state index contributed by atoms with van der Waals surface area (Å²) in [5, 5.41) is 0. The Hall–Kier alpha value is -1.63. The average Bonchev–Trinajstić information content (AvgIpc) is 3.58. The molecule has 1 aromatic carbocycles. The maximum absolute atomic E-state index is 13.3. The third-order valence-electron chi connectivity index (χ3n) is 7.39. The predicted octanol–water partition coefficient (Wildman–Crippen LogP) is 4.36. The van der Waals surface area contributed by atoms with E-state index in [1.807, 2.05) is 0 Å². The first-order chi connectivity index (χ1) is 16.2. The number of carbonyl (C=O) groups is 1. The second-order valence-corrected chi connectivity index (χ2v) is 9.82. The van der Waals surface area contributed by atoms with Gasteiger partial charge in [-0.1, -0.05) is 38.8 Å². The molecule has 0 aliphatic carbocycles. The van der Waals surface area contributed by atoms with E-state index in [4.69, 9.17) is 14.2 Å². The van der Waals surface area contributed by atoms with Gasteiger partial charge in [0.15, 0.2) is 6.29 Å². The smallest absolute Gasteiger partial charge is 0.236 e. The lowest BCUT2D eigenvalue weighted by atomic mass is 9.93. The van der Waals surface area contributed by atoms with Crippen LogP contribution in [-0.2, 0) is 20.7 Å². The van der Waals surface area contributed by atoms with E-state index in [0.717, 1.165) is 83.4 Å². The number of rotatable bonds is 12. The molecule has 6 heteroatoms. The number of hydrogen-bond acceptors (Lipinski definition) is 5. The SMILES string of the molecule is CCCCN(CCCC)C(=O)CN1C[C@H](c2ccc3c(c2)CCO3)C[C@@H]1CCC1OCCO1. The van der Waals surface area contributed by atoms with Crippen LogP contribution in [0, 0.1) is 0 Å². The number of nitrogens with zero attached hydrogens (tertiary/aromatic N) is 2. The molecule has 6 nitrogen and oxygen atoms in total. The van der Waals surface area contributed by atoms with Crippen LogP contribution in [-0.4, -0.2) is 74.0 Å². The van der Waals surface area contributed by atoms with Crippen molar-refractivity contribution in [3.05, 3.63) is 29.3 Å². The highest BCUT2D eigenvalue weighted by atomic mass is 16.7. The van der Waals surface area contributed by atoms with Crippen LogP contribution < -0.4 is 4.74 Å². The summed E-state index contributed by atoms with van der Waals surface area (Å²) in [7, 11) is 0. The van der Waals surface area contributed by atoms with E-state index in [-0.39, 0.29) is 6.29 Å². The number of unbranched alkanes of at least 4 members (excludes halogenated alkanes) is 2. The Kier molecular flexibility index (Phi) is 9.04. The lowest BCUT2D eigenvalue weighted by molar-refractivity contribution is -0.133. The van der Waals surface area contributed by atoms with Crippen LogP contribution in [0.3, 0.4) is 0 Å². The molecule has 0 aromatic heterocycles. The molecule has 0 radical (unpaired) electrons. The van der Waals surface area contributed by atoms with Crippen molar-refractivity contribution in [3.63, 3.8) is 0 Å². The molecule has 1 aromatic rings. The second kappa shape index (κ2) is 12.2. The lowest BCUT2D eigenvalue weighted by Gasteiger charge is -2.29. The minimum Gasteiger partial charge on any atom is -0.493 e. The summed E-state index contributed by atoms with van der Waals surface area (Å²) >= 11 is 0. The molecular formula is C27H42N2O4. The number of fused-ring (bicyclic) bond motifs is 1. The van der Waals surface area contributed by atoms with E-state index in [1.165, 1.54) is 11.1 Å². The molecule has 184 valence electrons. The summed E-state index contributed by atoms with van der Waals surface area (Å²) in [6.07, 6.45) is 8.31. The van der Waals surface area contributed by atoms with Gasteiger partial charge in [-0.05, 0) is 55.2 Å². The molecule has 3 heterocycles. The van der Waals surface area contributed by atoms with E-state index in [1.54, 1.807) is 0 Å². The van der Waals surface area contributed by atoms with Crippen molar-refractivity contribution in [1.29, 1.82) is 0 Å². The van der Waals surface area contributed by atoms with Crippen molar-refractivity contribution < 1.29 is 19.0 Å². The van der Waals surface area contributed by atoms with Crippen LogP contribution in [0.15, 0.2) is 18.2 Å². The van der Waals surface area contributed by atoms with Gasteiger partial charge in [-0.2, -0.15) is 0 Å². The summed E-state index contributed by atoms with van der Waals surface area (Å²) in [6.45, 7) is 9.79. The fourth-order valence-corrected chi connectivity index (χ4v) is 5.42. The maximum atomic E-state index is 13.3. The van der Waals surface area contributed by atoms with E-state index >= 15 is 0 Å². The van der Waals surface area contributed by atoms with Crippen LogP contribution >= 0.6 is 0 Å². The molecule has 0 unspecified atom stereocenters. The Morgan fingerprint density at radius 1 is 1.06 bits per heavy atom. The van der Waals surface area contributed by atoms with Gasteiger partial charge in [-0.15, -0.1) is 0 Å². The van der Waals surface area contributed by atoms with Gasteiger partial charge in [-0.25, -0.2) is 0 Å². The Labute approximate surface area is 199 Å². The molecule has 0 saturated carbocycles. The molecular weight excluding hydrogens is 416 g/mol. The van der Waals surface area contributed by atoms with Crippen molar-refractivity contribution in [2.24, 2.45) is 0 Å². The molecule has 2 saturated heterocycles. The largest absolute Gasteiger partial charge is 0.493 e. The Morgan fingerprint density at radius 2 is 1.82 bits per heavy atom. The fourth-order valence-electron chi connectivity index (χ4n) is 5.42. The van der Waals surface area contributed by atoms with Crippen LogP contribution in [0.1, 0.15) is 75.8 Å². The van der Waals surface area contributed by atoms with Gasteiger partial charge >= 0.3 is 0 Å². The third kappa shape index (κ3) is 6.49. The predicted molar refractivity (Wildman–Crippen MR) is 130 cm³/mol. The minimum atomic E-state index is -0.0793. The van der Waals surface area contributed by atoms with E-state index in [0.29, 0.717) is 37.6 Å². The van der Waals surface area contributed by atoms with Gasteiger partial charge in [0.05, 0.1) is 26.4 Å². The molecule has 0 bridgehead atoms. The Bertz CT molecular complexity index is 756. The van der Waals surface area contributed by atoms with Gasteiger partial charge in [0.2, 0.25) is 5.91 Å². The molecule has 0 N–H and O–H groups in total. The van der Waals surface area contributed by atoms with Gasteiger partial charge in [0.25, 0.3) is 0 Å². The molecule has 33 heavy (non-hydrogen) atoms. The van der Waals surface area contributed by atoms with Gasteiger partial charge < -0.3 is 19.1 Å². The lowest BCUT2D eigenvalue weighted by Crippen LogP contribution is -2.43. The average molecular weight is 459 g/mol. The van der Waals surface area contributed by atoms with Crippen LogP contribution in [0.25, 0.3) is 0 Å². The molecule has 3 aliphatic rings. The van der Waals surface area contributed by atoms with Crippen LogP contribution in [0.4, 0.5) is 0 Å². The first-order valence-corrected chi connectivity index (χ1v) is 13.2. The van der Waals surface area contributed by atoms with Crippen LogP contribution in [0.5, 0.6) is 5.75 Å². The Balaban J connectivity index is 1.42. The molecule has 2 fully saturated rings. The summed E-state index contributed by atoms with van der Waals surface area (Å²) < 4.78 is 17.1. The number of likely N-dealkylation sites (tertiary alicyclic amines) is 1. The van der Waals surface area contributed by atoms with Crippen LogP contribution in [0.2, 0.25) is 0 Å². The highest BCUT2D eigenvalue weighted by Gasteiger charge is 2.35. The first-order valence-electron chi connectivity index (χ1n) is 13.2. The zero-order valence-corrected chi connectivity index (χ0v) is 20.6. The fraction of sp³-hybridized carbons (Fsp3) is 0.741. The normalized spacial score (nSPS) is 23.1. The van der Waals surface area contributed by atoms with Gasteiger partial charge in [0.1, 0.15) is 5.75 Å². The molecule has 2 atom stereocenters. The van der Waals surface area contributed by atoms with E-state index in [9.17, 15) is 4.79 Å². The summed E-state index contributed by atoms with van der Waals surface area (Å²) in [5.74, 6) is 1.79. The van der Waals surface area contributed by atoms with Gasteiger partial charge in [0, 0.05) is 32.1 Å². The molecule has 3 aliphatic heterocycles. The number of hydrogen-bond donors (Lipinski definition) is 0. The van der Waals surface area contributed by atoms with Crippen molar-refractivity contribution in [2.75, 3.05) is 46.0 Å². The molecule has 1 amide bonds. The number of amides is 1. The molecule has 0 spiro atoms. The van der Waals surface area contributed by atoms with Gasteiger partial charge in [-0.3, -0.25) is 9.69 Å². The highest BCUT2D eigenvalue weighted by molar-refractivity contribution is 5.78. The molecule has 4 rings (SSSR count). The topological polar surface area (TPSA) is 51.2 Å². The summed E-state index contributed by atoms with van der Waals surface area (Å²) in [6, 6.07) is 7.09. The summed E-state index contributed by atoms with van der Waals surface area (Å²) in [5.41, 5.74) is 2.72. The summed E-state index contributed by atoms with van der Waals surface area (Å²) in [4.78, 5) is 17.9.